The first-order chi connectivity index (χ1) is 10.1. The lowest BCUT2D eigenvalue weighted by molar-refractivity contribution is -0.0114. The Kier molecular flexibility index (Phi) is 3.43. The Morgan fingerprint density at radius 2 is 2.29 bits per heavy atom. The second kappa shape index (κ2) is 5.13. The zero-order chi connectivity index (χ0) is 15.0. The fourth-order valence-corrected chi connectivity index (χ4v) is 2.66. The molecule has 0 bridgehead atoms. The van der Waals surface area contributed by atoms with Gasteiger partial charge in [0.2, 0.25) is 0 Å². The Labute approximate surface area is 122 Å². The van der Waals surface area contributed by atoms with E-state index in [0.717, 1.165) is 16.9 Å². The summed E-state index contributed by atoms with van der Waals surface area (Å²) in [5.74, 6) is 0.490. The fourth-order valence-electron chi connectivity index (χ4n) is 2.66. The number of esters is 1. The maximum absolute atomic E-state index is 11.6. The van der Waals surface area contributed by atoms with Gasteiger partial charge in [-0.1, -0.05) is 0 Å². The van der Waals surface area contributed by atoms with Gasteiger partial charge in [-0.05, 0) is 25.1 Å². The van der Waals surface area contributed by atoms with Gasteiger partial charge >= 0.3 is 5.97 Å². The molecule has 2 heterocycles. The maximum Gasteiger partial charge on any atom is 0.337 e. The number of nitrogens with zero attached hydrogens (tertiary/aromatic N) is 1. The molecular formula is C15H18N2O4. The summed E-state index contributed by atoms with van der Waals surface area (Å²) in [5, 5.41) is 0. The van der Waals surface area contributed by atoms with E-state index >= 15 is 0 Å². The van der Waals surface area contributed by atoms with Gasteiger partial charge in [0, 0.05) is 7.11 Å². The summed E-state index contributed by atoms with van der Waals surface area (Å²) in [5.41, 5.74) is 1.72. The molecule has 112 valence electrons. The van der Waals surface area contributed by atoms with Crippen molar-refractivity contribution >= 4 is 17.0 Å². The topological polar surface area (TPSA) is 73.4 Å². The van der Waals surface area contributed by atoms with Crippen molar-refractivity contribution in [1.29, 1.82) is 0 Å². The van der Waals surface area contributed by atoms with Crippen molar-refractivity contribution in [1.82, 2.24) is 9.97 Å². The highest BCUT2D eigenvalue weighted by Crippen LogP contribution is 2.36. The van der Waals surface area contributed by atoms with Crippen LogP contribution in [0, 0.1) is 0 Å². The summed E-state index contributed by atoms with van der Waals surface area (Å²) in [7, 11) is 3.05. The molecule has 2 atom stereocenters. The zero-order valence-corrected chi connectivity index (χ0v) is 12.3. The van der Waals surface area contributed by atoms with Crippen LogP contribution in [-0.4, -0.2) is 49.0 Å². The molecule has 2 aromatic rings. The third kappa shape index (κ3) is 2.30. The van der Waals surface area contributed by atoms with Crippen LogP contribution in [0.3, 0.4) is 0 Å². The summed E-state index contributed by atoms with van der Waals surface area (Å²) in [6.07, 6.45) is 0. The lowest BCUT2D eigenvalue weighted by Crippen LogP contribution is -2.34. The number of H-pyrrole nitrogens is 1. The Morgan fingerprint density at radius 3 is 3.00 bits per heavy atom. The van der Waals surface area contributed by atoms with Gasteiger partial charge in [-0.2, -0.15) is 0 Å². The number of aromatic amines is 1. The predicted octanol–water partition coefficient (Wildman–Crippen LogP) is 1.87. The van der Waals surface area contributed by atoms with Gasteiger partial charge in [-0.3, -0.25) is 0 Å². The molecule has 0 saturated carbocycles. The third-order valence-electron chi connectivity index (χ3n) is 4.13. The van der Waals surface area contributed by atoms with Gasteiger partial charge in [0.25, 0.3) is 0 Å². The van der Waals surface area contributed by atoms with Crippen LogP contribution in [0.15, 0.2) is 18.2 Å². The normalized spacial score (nSPS) is 25.4. The highest BCUT2D eigenvalue weighted by atomic mass is 16.6. The minimum atomic E-state index is -0.390. The number of fused-ring (bicyclic) bond motifs is 1. The number of rotatable bonds is 3. The number of carbonyl (C=O) groups excluding carboxylic acids is 1. The minimum absolute atomic E-state index is 0.0384. The summed E-state index contributed by atoms with van der Waals surface area (Å²) in [4.78, 5) is 19.4. The van der Waals surface area contributed by atoms with Crippen LogP contribution in [0.2, 0.25) is 0 Å². The molecule has 1 aliphatic rings. The number of imidazole rings is 1. The second-order valence-corrected chi connectivity index (χ2v) is 5.43. The van der Waals surface area contributed by atoms with E-state index in [1.807, 2.05) is 13.0 Å². The number of methoxy groups -OCH3 is 2. The molecule has 0 amide bonds. The van der Waals surface area contributed by atoms with Crippen molar-refractivity contribution in [2.75, 3.05) is 27.4 Å². The average Bonchev–Trinajstić information content (AvgIpc) is 3.08. The van der Waals surface area contributed by atoms with Gasteiger partial charge in [0.15, 0.2) is 0 Å². The van der Waals surface area contributed by atoms with E-state index in [1.165, 1.54) is 7.11 Å². The number of ether oxygens (including phenoxy) is 3. The molecule has 1 aromatic heterocycles. The zero-order valence-electron chi connectivity index (χ0n) is 12.3. The van der Waals surface area contributed by atoms with Gasteiger partial charge < -0.3 is 19.2 Å². The third-order valence-corrected chi connectivity index (χ3v) is 4.13. The van der Waals surface area contributed by atoms with E-state index in [4.69, 9.17) is 14.2 Å². The summed E-state index contributed by atoms with van der Waals surface area (Å²) >= 11 is 0. The molecule has 0 spiro atoms. The van der Waals surface area contributed by atoms with E-state index < -0.39 is 0 Å². The quantitative estimate of drug-likeness (QED) is 0.874. The Morgan fingerprint density at radius 1 is 1.48 bits per heavy atom. The van der Waals surface area contributed by atoms with Crippen molar-refractivity contribution in [3.63, 3.8) is 0 Å². The highest BCUT2D eigenvalue weighted by Gasteiger charge is 2.43. The fraction of sp³-hybridized carbons (Fsp3) is 0.467. The first kappa shape index (κ1) is 14.0. The SMILES string of the molecule is COC(=O)c1ccc2nc(C3COCC3(C)OC)[nH]c2c1. The number of hydrogen-bond acceptors (Lipinski definition) is 5. The molecular weight excluding hydrogens is 272 g/mol. The van der Waals surface area contributed by atoms with Crippen LogP contribution in [-0.2, 0) is 14.2 Å². The van der Waals surface area contributed by atoms with Crippen LogP contribution < -0.4 is 0 Å². The maximum atomic E-state index is 11.6. The smallest absolute Gasteiger partial charge is 0.337 e. The first-order valence-electron chi connectivity index (χ1n) is 6.78. The molecule has 1 saturated heterocycles. The molecule has 0 radical (unpaired) electrons. The number of nitrogens with one attached hydrogen (secondary N) is 1. The van der Waals surface area contributed by atoms with Crippen molar-refractivity contribution in [3.8, 4) is 0 Å². The van der Waals surface area contributed by atoms with E-state index in [1.54, 1.807) is 19.2 Å². The molecule has 0 aliphatic carbocycles. The van der Waals surface area contributed by atoms with Crippen LogP contribution in [0.5, 0.6) is 0 Å². The van der Waals surface area contributed by atoms with Crippen molar-refractivity contribution in [2.45, 2.75) is 18.4 Å². The molecule has 2 unspecified atom stereocenters. The monoisotopic (exact) mass is 290 g/mol. The molecule has 1 N–H and O–H groups in total. The van der Waals surface area contributed by atoms with E-state index in [2.05, 4.69) is 9.97 Å². The lowest BCUT2D eigenvalue weighted by atomic mass is 9.92. The second-order valence-electron chi connectivity index (χ2n) is 5.43. The van der Waals surface area contributed by atoms with Crippen LogP contribution in [0.25, 0.3) is 11.0 Å². The molecule has 3 rings (SSSR count). The predicted molar refractivity (Wildman–Crippen MR) is 76.4 cm³/mol. The largest absolute Gasteiger partial charge is 0.465 e. The standard InChI is InChI=1S/C15H18N2O4/c1-15(20-3)8-21-7-10(15)13-16-11-5-4-9(14(18)19-2)6-12(11)17-13/h4-6,10H,7-8H2,1-3H3,(H,16,17). The molecule has 21 heavy (non-hydrogen) atoms. The van der Waals surface area contributed by atoms with E-state index in [9.17, 15) is 4.79 Å². The van der Waals surface area contributed by atoms with Gasteiger partial charge in [-0.15, -0.1) is 0 Å². The number of aromatic nitrogens is 2. The summed E-state index contributed by atoms with van der Waals surface area (Å²) in [6, 6.07) is 5.26. The molecule has 6 nitrogen and oxygen atoms in total. The average molecular weight is 290 g/mol. The highest BCUT2D eigenvalue weighted by molar-refractivity contribution is 5.93. The van der Waals surface area contributed by atoms with Crippen molar-refractivity contribution in [3.05, 3.63) is 29.6 Å². The van der Waals surface area contributed by atoms with Gasteiger partial charge in [0.1, 0.15) is 11.4 Å². The Hall–Kier alpha value is -1.92. The van der Waals surface area contributed by atoms with Crippen LogP contribution in [0.4, 0.5) is 0 Å². The van der Waals surface area contributed by atoms with Crippen molar-refractivity contribution in [2.24, 2.45) is 0 Å². The van der Waals surface area contributed by atoms with Crippen LogP contribution in [0.1, 0.15) is 29.0 Å². The minimum Gasteiger partial charge on any atom is -0.465 e. The van der Waals surface area contributed by atoms with Crippen LogP contribution >= 0.6 is 0 Å². The van der Waals surface area contributed by atoms with Gasteiger partial charge in [0.05, 0.1) is 42.8 Å². The summed E-state index contributed by atoms with van der Waals surface area (Å²) < 4.78 is 15.8. The first-order valence-corrected chi connectivity index (χ1v) is 6.78. The number of carbonyl (C=O) groups is 1. The van der Waals surface area contributed by atoms with E-state index in [-0.39, 0.29) is 17.5 Å². The number of hydrogen-bond donors (Lipinski definition) is 1. The van der Waals surface area contributed by atoms with Gasteiger partial charge in [-0.25, -0.2) is 9.78 Å². The lowest BCUT2D eigenvalue weighted by Gasteiger charge is -2.26. The molecule has 1 aliphatic heterocycles. The molecule has 6 heteroatoms. The molecule has 1 aromatic carbocycles. The van der Waals surface area contributed by atoms with Crippen molar-refractivity contribution < 1.29 is 19.0 Å². The number of benzene rings is 1. The summed E-state index contributed by atoms with van der Waals surface area (Å²) in [6.45, 7) is 3.12. The molecule has 1 fully saturated rings. The van der Waals surface area contributed by atoms with E-state index in [0.29, 0.717) is 18.8 Å². The Bertz CT molecular complexity index is 681. The Balaban J connectivity index is 1.99.